The van der Waals surface area contributed by atoms with Crippen molar-refractivity contribution in [1.29, 1.82) is 0 Å². The van der Waals surface area contributed by atoms with Crippen LogP contribution in [0.3, 0.4) is 0 Å². The number of anilines is 1. The van der Waals surface area contributed by atoms with Crippen LogP contribution in [0.15, 0.2) is 10.9 Å². The number of rotatable bonds is 5. The summed E-state index contributed by atoms with van der Waals surface area (Å²) in [6, 6.07) is 0.779. The van der Waals surface area contributed by atoms with Gasteiger partial charge in [0.15, 0.2) is 0 Å². The number of nitrogens with one attached hydrogen (secondary N) is 2. The predicted octanol–water partition coefficient (Wildman–Crippen LogP) is 1.26. The molecule has 0 spiro atoms. The molecule has 0 saturated heterocycles. The van der Waals surface area contributed by atoms with E-state index < -0.39 is 6.04 Å². The van der Waals surface area contributed by atoms with Crippen LogP contribution in [-0.2, 0) is 9.53 Å². The van der Waals surface area contributed by atoms with E-state index in [9.17, 15) is 9.59 Å². The van der Waals surface area contributed by atoms with Gasteiger partial charge < -0.3 is 15.0 Å². The number of aromatic nitrogens is 2. The monoisotopic (exact) mass is 253 g/mol. The van der Waals surface area contributed by atoms with Crippen LogP contribution >= 0.6 is 0 Å². The van der Waals surface area contributed by atoms with Crippen LogP contribution in [0.1, 0.15) is 39.4 Å². The number of aromatic amines is 1. The van der Waals surface area contributed by atoms with Gasteiger partial charge in [0.1, 0.15) is 17.7 Å². The van der Waals surface area contributed by atoms with Gasteiger partial charge in [0, 0.05) is 12.0 Å². The van der Waals surface area contributed by atoms with Gasteiger partial charge in [0.2, 0.25) is 0 Å². The summed E-state index contributed by atoms with van der Waals surface area (Å²) in [5.74, 6) is 0.701. The van der Waals surface area contributed by atoms with E-state index >= 15 is 0 Å². The molecule has 1 aromatic heterocycles. The van der Waals surface area contributed by atoms with E-state index in [0.29, 0.717) is 18.2 Å². The average Bonchev–Trinajstić information content (AvgIpc) is 2.28. The first-order chi connectivity index (χ1) is 8.43. The molecule has 6 nitrogen and oxygen atoms in total. The maximum Gasteiger partial charge on any atom is 0.328 e. The SMILES string of the molecule is CCOC(=O)C(C)Nc1cc(=O)[nH]c(C(C)C)n1. The van der Waals surface area contributed by atoms with E-state index in [4.69, 9.17) is 4.74 Å². The molecule has 0 fully saturated rings. The van der Waals surface area contributed by atoms with Crippen molar-refractivity contribution in [2.75, 3.05) is 11.9 Å². The molecule has 6 heteroatoms. The van der Waals surface area contributed by atoms with Gasteiger partial charge in [-0.2, -0.15) is 0 Å². The molecule has 1 atom stereocenters. The van der Waals surface area contributed by atoms with Crippen LogP contribution in [0.25, 0.3) is 0 Å². The van der Waals surface area contributed by atoms with Gasteiger partial charge in [-0.1, -0.05) is 13.8 Å². The highest BCUT2D eigenvalue weighted by Crippen LogP contribution is 2.10. The third kappa shape index (κ3) is 3.87. The number of esters is 1. The van der Waals surface area contributed by atoms with Crippen molar-refractivity contribution in [3.63, 3.8) is 0 Å². The maximum absolute atomic E-state index is 11.5. The average molecular weight is 253 g/mol. The molecule has 0 bridgehead atoms. The summed E-state index contributed by atoms with van der Waals surface area (Å²) in [4.78, 5) is 29.8. The molecule has 18 heavy (non-hydrogen) atoms. The van der Waals surface area contributed by atoms with Crippen LogP contribution in [0.2, 0.25) is 0 Å². The Bertz CT molecular complexity index is 468. The van der Waals surface area contributed by atoms with Gasteiger partial charge in [-0.3, -0.25) is 4.79 Å². The van der Waals surface area contributed by atoms with Gasteiger partial charge in [-0.25, -0.2) is 9.78 Å². The predicted molar refractivity (Wildman–Crippen MR) is 68.7 cm³/mol. The normalized spacial score (nSPS) is 12.3. The van der Waals surface area contributed by atoms with E-state index in [2.05, 4.69) is 15.3 Å². The molecule has 0 saturated carbocycles. The number of ether oxygens (including phenoxy) is 1. The Morgan fingerprint density at radius 3 is 2.72 bits per heavy atom. The summed E-state index contributed by atoms with van der Waals surface area (Å²) in [6.07, 6.45) is 0. The minimum absolute atomic E-state index is 0.109. The highest BCUT2D eigenvalue weighted by molar-refractivity contribution is 5.78. The second kappa shape index (κ2) is 6.18. The van der Waals surface area contributed by atoms with Crippen molar-refractivity contribution >= 4 is 11.8 Å². The number of hydrogen-bond donors (Lipinski definition) is 2. The fourth-order valence-corrected chi connectivity index (χ4v) is 1.37. The fourth-order valence-electron chi connectivity index (χ4n) is 1.37. The number of nitrogens with zero attached hydrogens (tertiary/aromatic N) is 1. The molecule has 0 aliphatic carbocycles. The Labute approximate surface area is 106 Å². The molecule has 1 heterocycles. The van der Waals surface area contributed by atoms with Gasteiger partial charge in [-0.15, -0.1) is 0 Å². The molecule has 1 unspecified atom stereocenters. The first-order valence-corrected chi connectivity index (χ1v) is 5.98. The second-order valence-electron chi connectivity index (χ2n) is 4.29. The van der Waals surface area contributed by atoms with Gasteiger partial charge in [-0.05, 0) is 13.8 Å². The lowest BCUT2D eigenvalue weighted by Crippen LogP contribution is -2.29. The summed E-state index contributed by atoms with van der Waals surface area (Å²) < 4.78 is 4.87. The van der Waals surface area contributed by atoms with E-state index in [1.807, 2.05) is 13.8 Å². The van der Waals surface area contributed by atoms with E-state index in [1.165, 1.54) is 6.07 Å². The zero-order valence-corrected chi connectivity index (χ0v) is 11.1. The standard InChI is InChI=1S/C12H19N3O3/c1-5-18-12(17)8(4)13-9-6-10(16)15-11(14-9)7(2)3/h6-8H,5H2,1-4H3,(H2,13,14,15,16). The summed E-state index contributed by atoms with van der Waals surface area (Å²) in [7, 11) is 0. The third-order valence-electron chi connectivity index (χ3n) is 2.31. The minimum atomic E-state index is -0.542. The molecule has 0 aliphatic rings. The van der Waals surface area contributed by atoms with Crippen LogP contribution in [0.4, 0.5) is 5.82 Å². The summed E-state index contributed by atoms with van der Waals surface area (Å²) >= 11 is 0. The van der Waals surface area contributed by atoms with Crippen molar-refractivity contribution in [3.8, 4) is 0 Å². The molecular weight excluding hydrogens is 234 g/mol. The lowest BCUT2D eigenvalue weighted by molar-refractivity contribution is -0.143. The van der Waals surface area contributed by atoms with Gasteiger partial charge in [0.05, 0.1) is 6.61 Å². The number of hydrogen-bond acceptors (Lipinski definition) is 5. The molecule has 0 aromatic carbocycles. The molecular formula is C12H19N3O3. The summed E-state index contributed by atoms with van der Waals surface area (Å²) in [6.45, 7) is 7.58. The van der Waals surface area contributed by atoms with Crippen molar-refractivity contribution in [2.24, 2.45) is 0 Å². The second-order valence-corrected chi connectivity index (χ2v) is 4.29. The molecule has 2 N–H and O–H groups in total. The Hall–Kier alpha value is -1.85. The lowest BCUT2D eigenvalue weighted by atomic mass is 10.2. The first kappa shape index (κ1) is 14.2. The van der Waals surface area contributed by atoms with Gasteiger partial charge in [0.25, 0.3) is 5.56 Å². The molecule has 0 aliphatic heterocycles. The summed E-state index contributed by atoms with van der Waals surface area (Å²) in [5, 5.41) is 2.86. The quantitative estimate of drug-likeness (QED) is 0.772. The smallest absolute Gasteiger partial charge is 0.328 e. The maximum atomic E-state index is 11.5. The molecule has 0 radical (unpaired) electrons. The van der Waals surface area contributed by atoms with Crippen molar-refractivity contribution in [2.45, 2.75) is 39.7 Å². The zero-order chi connectivity index (χ0) is 13.7. The minimum Gasteiger partial charge on any atom is -0.464 e. The molecule has 100 valence electrons. The van der Waals surface area contributed by atoms with E-state index in [-0.39, 0.29) is 17.4 Å². The zero-order valence-electron chi connectivity index (χ0n) is 11.1. The van der Waals surface area contributed by atoms with Crippen molar-refractivity contribution in [1.82, 2.24) is 9.97 Å². The van der Waals surface area contributed by atoms with Crippen molar-refractivity contribution in [3.05, 3.63) is 22.2 Å². The Morgan fingerprint density at radius 2 is 2.17 bits per heavy atom. The lowest BCUT2D eigenvalue weighted by Gasteiger charge is -2.14. The first-order valence-electron chi connectivity index (χ1n) is 5.98. The molecule has 0 amide bonds. The highest BCUT2D eigenvalue weighted by Gasteiger charge is 2.15. The van der Waals surface area contributed by atoms with E-state index in [0.717, 1.165) is 0 Å². The van der Waals surface area contributed by atoms with Crippen molar-refractivity contribution < 1.29 is 9.53 Å². The van der Waals surface area contributed by atoms with Crippen LogP contribution < -0.4 is 10.9 Å². The van der Waals surface area contributed by atoms with Crippen LogP contribution in [-0.4, -0.2) is 28.6 Å². The Kier molecular flexibility index (Phi) is 4.88. The fraction of sp³-hybridized carbons (Fsp3) is 0.583. The number of H-pyrrole nitrogens is 1. The Morgan fingerprint density at radius 1 is 1.50 bits per heavy atom. The number of carbonyl (C=O) groups excluding carboxylic acids is 1. The Balaban J connectivity index is 2.84. The molecule has 1 rings (SSSR count). The van der Waals surface area contributed by atoms with Crippen LogP contribution in [0, 0.1) is 0 Å². The number of carbonyl (C=O) groups is 1. The largest absolute Gasteiger partial charge is 0.464 e. The third-order valence-corrected chi connectivity index (χ3v) is 2.31. The highest BCUT2D eigenvalue weighted by atomic mass is 16.5. The van der Waals surface area contributed by atoms with Crippen LogP contribution in [0.5, 0.6) is 0 Å². The topological polar surface area (TPSA) is 84.1 Å². The molecule has 1 aromatic rings. The van der Waals surface area contributed by atoms with E-state index in [1.54, 1.807) is 13.8 Å². The van der Waals surface area contributed by atoms with Gasteiger partial charge >= 0.3 is 5.97 Å². The summed E-state index contributed by atoms with van der Waals surface area (Å²) in [5.41, 5.74) is -0.243.